The molecule has 2 rings (SSSR count). The van der Waals surface area contributed by atoms with E-state index in [1.807, 2.05) is 25.1 Å². The summed E-state index contributed by atoms with van der Waals surface area (Å²) in [4.78, 5) is 0. The largest absolute Gasteiger partial charge is 0.307 e. The van der Waals surface area contributed by atoms with Gasteiger partial charge < -0.3 is 5.32 Å². The molecule has 0 aliphatic heterocycles. The van der Waals surface area contributed by atoms with Crippen molar-refractivity contribution in [2.75, 3.05) is 0 Å². The molecule has 2 unspecified atom stereocenters. The predicted octanol–water partition coefficient (Wildman–Crippen LogP) is 4.64. The fourth-order valence-corrected chi connectivity index (χ4v) is 2.52. The zero-order valence-electron chi connectivity index (χ0n) is 12.4. The molecule has 1 nitrogen and oxygen atoms in total. The van der Waals surface area contributed by atoms with Crippen molar-refractivity contribution in [1.82, 2.24) is 5.32 Å². The quantitative estimate of drug-likeness (QED) is 0.817. The maximum atomic E-state index is 13.8. The van der Waals surface area contributed by atoms with Gasteiger partial charge >= 0.3 is 0 Å². The Morgan fingerprint density at radius 3 is 2.38 bits per heavy atom. The zero-order chi connectivity index (χ0) is 15.2. The molecule has 2 aromatic rings. The Morgan fingerprint density at radius 1 is 1.05 bits per heavy atom. The highest BCUT2D eigenvalue weighted by atomic mass is 19.1. The molecule has 1 N–H and O–H groups in total. The Balaban J connectivity index is 2.04. The molecule has 0 amide bonds. The molecule has 0 heterocycles. The van der Waals surface area contributed by atoms with E-state index in [2.05, 4.69) is 24.4 Å². The van der Waals surface area contributed by atoms with Crippen LogP contribution in [0.25, 0.3) is 0 Å². The normalized spacial score (nSPS) is 13.9. The lowest BCUT2D eigenvalue weighted by Gasteiger charge is -2.23. The standard InChI is InChI=1S/C18H21F2N/c1-3-16(11-14-7-5-4-6-8-14)21-13(2)17-10-9-15(19)12-18(17)20/h4-10,12-13,16,21H,3,11H2,1-2H3. The molecule has 0 aliphatic carbocycles. The first kappa shape index (κ1) is 15.6. The molecule has 0 aliphatic rings. The average Bonchev–Trinajstić information content (AvgIpc) is 2.47. The van der Waals surface area contributed by atoms with Crippen LogP contribution in [0.2, 0.25) is 0 Å². The molecule has 2 aromatic carbocycles. The Hall–Kier alpha value is -1.74. The molecule has 0 aromatic heterocycles. The van der Waals surface area contributed by atoms with E-state index in [9.17, 15) is 8.78 Å². The Morgan fingerprint density at radius 2 is 1.76 bits per heavy atom. The third kappa shape index (κ3) is 4.36. The van der Waals surface area contributed by atoms with Gasteiger partial charge in [-0.3, -0.25) is 0 Å². The number of hydrogen-bond acceptors (Lipinski definition) is 1. The summed E-state index contributed by atoms with van der Waals surface area (Å²) < 4.78 is 26.8. The van der Waals surface area contributed by atoms with E-state index in [1.54, 1.807) is 0 Å². The first-order valence-electron chi connectivity index (χ1n) is 7.35. The topological polar surface area (TPSA) is 12.0 Å². The molecule has 0 saturated carbocycles. The SMILES string of the molecule is CCC(Cc1ccccc1)NC(C)c1ccc(F)cc1F. The third-order valence-electron chi connectivity index (χ3n) is 3.73. The second-order valence-corrected chi connectivity index (χ2v) is 5.35. The van der Waals surface area contributed by atoms with Gasteiger partial charge in [0.15, 0.2) is 0 Å². The molecule has 0 fully saturated rings. The first-order chi connectivity index (χ1) is 10.1. The van der Waals surface area contributed by atoms with Crippen molar-refractivity contribution >= 4 is 0 Å². The fourth-order valence-electron chi connectivity index (χ4n) is 2.52. The van der Waals surface area contributed by atoms with Gasteiger partial charge in [0.2, 0.25) is 0 Å². The van der Waals surface area contributed by atoms with E-state index in [1.165, 1.54) is 17.7 Å². The van der Waals surface area contributed by atoms with E-state index in [0.717, 1.165) is 18.9 Å². The molecule has 0 bridgehead atoms. The van der Waals surface area contributed by atoms with Crippen LogP contribution in [-0.4, -0.2) is 6.04 Å². The number of nitrogens with one attached hydrogen (secondary N) is 1. The van der Waals surface area contributed by atoms with Crippen molar-refractivity contribution in [3.63, 3.8) is 0 Å². The first-order valence-corrected chi connectivity index (χ1v) is 7.35. The van der Waals surface area contributed by atoms with Gasteiger partial charge in [0.1, 0.15) is 11.6 Å². The highest BCUT2D eigenvalue weighted by molar-refractivity contribution is 5.22. The average molecular weight is 289 g/mol. The molecule has 0 spiro atoms. The maximum Gasteiger partial charge on any atom is 0.130 e. The Labute approximate surface area is 125 Å². The summed E-state index contributed by atoms with van der Waals surface area (Å²) in [6.07, 6.45) is 1.84. The van der Waals surface area contributed by atoms with Gasteiger partial charge in [0.05, 0.1) is 0 Å². The lowest BCUT2D eigenvalue weighted by Crippen LogP contribution is -2.33. The van der Waals surface area contributed by atoms with Crippen LogP contribution >= 0.6 is 0 Å². The van der Waals surface area contributed by atoms with E-state index in [4.69, 9.17) is 0 Å². The predicted molar refractivity (Wildman–Crippen MR) is 82.1 cm³/mol. The van der Waals surface area contributed by atoms with Crippen molar-refractivity contribution in [2.45, 2.75) is 38.8 Å². The van der Waals surface area contributed by atoms with Crippen LogP contribution < -0.4 is 5.32 Å². The van der Waals surface area contributed by atoms with Crippen LogP contribution in [0.15, 0.2) is 48.5 Å². The molecule has 0 saturated heterocycles. The van der Waals surface area contributed by atoms with Gasteiger partial charge in [-0.05, 0) is 31.4 Å². The summed E-state index contributed by atoms with van der Waals surface area (Å²) in [6.45, 7) is 4.01. The van der Waals surface area contributed by atoms with Crippen molar-refractivity contribution in [2.24, 2.45) is 0 Å². The van der Waals surface area contributed by atoms with Crippen molar-refractivity contribution in [3.8, 4) is 0 Å². The van der Waals surface area contributed by atoms with Gasteiger partial charge in [-0.25, -0.2) is 8.78 Å². The minimum absolute atomic E-state index is 0.153. The highest BCUT2D eigenvalue weighted by Crippen LogP contribution is 2.19. The Kier molecular flexibility index (Phi) is 5.45. The van der Waals surface area contributed by atoms with Crippen LogP contribution in [0.3, 0.4) is 0 Å². The van der Waals surface area contributed by atoms with Gasteiger partial charge in [-0.1, -0.05) is 43.3 Å². The molecule has 112 valence electrons. The fraction of sp³-hybridized carbons (Fsp3) is 0.333. The summed E-state index contributed by atoms with van der Waals surface area (Å²) in [5, 5.41) is 3.43. The van der Waals surface area contributed by atoms with Crippen LogP contribution in [-0.2, 0) is 6.42 Å². The minimum atomic E-state index is -0.542. The molecule has 2 atom stereocenters. The van der Waals surface area contributed by atoms with Crippen LogP contribution in [0.1, 0.15) is 37.4 Å². The van der Waals surface area contributed by atoms with Crippen molar-refractivity contribution in [3.05, 3.63) is 71.3 Å². The molecular formula is C18H21F2N. The van der Waals surface area contributed by atoms with Crippen LogP contribution in [0, 0.1) is 11.6 Å². The zero-order valence-corrected chi connectivity index (χ0v) is 12.4. The number of rotatable bonds is 6. The third-order valence-corrected chi connectivity index (χ3v) is 3.73. The van der Waals surface area contributed by atoms with Gasteiger partial charge in [0.25, 0.3) is 0 Å². The number of hydrogen-bond donors (Lipinski definition) is 1. The lowest BCUT2D eigenvalue weighted by molar-refractivity contribution is 0.427. The molecule has 0 radical (unpaired) electrons. The van der Waals surface area contributed by atoms with E-state index < -0.39 is 11.6 Å². The summed E-state index contributed by atoms with van der Waals surface area (Å²) in [5.74, 6) is -1.04. The molecule has 3 heteroatoms. The van der Waals surface area contributed by atoms with Crippen molar-refractivity contribution < 1.29 is 8.78 Å². The summed E-state index contributed by atoms with van der Waals surface area (Å²) in [5.41, 5.74) is 1.76. The Bertz CT molecular complexity index is 569. The smallest absolute Gasteiger partial charge is 0.130 e. The lowest BCUT2D eigenvalue weighted by atomic mass is 10.0. The highest BCUT2D eigenvalue weighted by Gasteiger charge is 2.15. The molecular weight excluding hydrogens is 268 g/mol. The number of halogens is 2. The number of benzene rings is 2. The summed E-state index contributed by atoms with van der Waals surface area (Å²) >= 11 is 0. The van der Waals surface area contributed by atoms with E-state index in [0.29, 0.717) is 5.56 Å². The van der Waals surface area contributed by atoms with Gasteiger partial charge in [-0.15, -0.1) is 0 Å². The van der Waals surface area contributed by atoms with Crippen LogP contribution in [0.4, 0.5) is 8.78 Å². The van der Waals surface area contributed by atoms with Crippen LogP contribution in [0.5, 0.6) is 0 Å². The van der Waals surface area contributed by atoms with Crippen molar-refractivity contribution in [1.29, 1.82) is 0 Å². The minimum Gasteiger partial charge on any atom is -0.307 e. The van der Waals surface area contributed by atoms with Gasteiger partial charge in [0, 0.05) is 23.7 Å². The second kappa shape index (κ2) is 7.32. The van der Waals surface area contributed by atoms with E-state index >= 15 is 0 Å². The second-order valence-electron chi connectivity index (χ2n) is 5.35. The molecule has 21 heavy (non-hydrogen) atoms. The summed E-state index contributed by atoms with van der Waals surface area (Å²) in [7, 11) is 0. The summed E-state index contributed by atoms with van der Waals surface area (Å²) in [6, 6.07) is 14.1. The maximum absolute atomic E-state index is 13.8. The van der Waals surface area contributed by atoms with E-state index in [-0.39, 0.29) is 12.1 Å². The monoisotopic (exact) mass is 289 g/mol. The van der Waals surface area contributed by atoms with Gasteiger partial charge in [-0.2, -0.15) is 0 Å².